The van der Waals surface area contributed by atoms with E-state index in [1.165, 1.54) is 18.2 Å². The van der Waals surface area contributed by atoms with Crippen molar-refractivity contribution in [2.75, 3.05) is 11.9 Å². The van der Waals surface area contributed by atoms with E-state index in [4.69, 9.17) is 39.5 Å². The Balaban J connectivity index is 1.45. The monoisotopic (exact) mass is 564 g/mol. The molecule has 1 aliphatic heterocycles. The van der Waals surface area contributed by atoms with Crippen molar-refractivity contribution in [2.24, 2.45) is 0 Å². The summed E-state index contributed by atoms with van der Waals surface area (Å²) >= 11 is 18.6. The average Bonchev–Trinajstić information content (AvgIpc) is 3.09. The number of amides is 3. The summed E-state index contributed by atoms with van der Waals surface area (Å²) in [6, 6.07) is 15.7. The number of benzene rings is 3. The van der Waals surface area contributed by atoms with Gasteiger partial charge >= 0.3 is 0 Å². The van der Waals surface area contributed by atoms with Crippen molar-refractivity contribution in [3.63, 3.8) is 0 Å². The first-order valence-corrected chi connectivity index (χ1v) is 12.3. The Morgan fingerprint density at radius 2 is 1.81 bits per heavy atom. The largest absolute Gasteiger partial charge is 0.488 e. The highest BCUT2D eigenvalue weighted by molar-refractivity contribution is 8.18. The maximum atomic E-state index is 13.3. The fourth-order valence-corrected chi connectivity index (χ4v) is 4.69. The van der Waals surface area contributed by atoms with Gasteiger partial charge in [0, 0.05) is 26.9 Å². The standard InChI is InChI=1S/C25H16Cl3FN2O4S/c26-16-6-5-15(18(27)10-16)13-35-21-4-2-1-3-14(21)9-22-24(33)31(25(34)36-22)12-23(32)30-17-7-8-20(29)19(28)11-17/h1-11H,12-13H2,(H,30,32)/b22-9+. The van der Waals surface area contributed by atoms with Crippen LogP contribution in [0.3, 0.4) is 0 Å². The summed E-state index contributed by atoms with van der Waals surface area (Å²) in [5, 5.41) is 2.70. The number of carbonyl (C=O) groups excluding carboxylic acids is 3. The molecule has 0 spiro atoms. The van der Waals surface area contributed by atoms with Crippen LogP contribution in [0.4, 0.5) is 14.9 Å². The van der Waals surface area contributed by atoms with E-state index >= 15 is 0 Å². The quantitative estimate of drug-likeness (QED) is 0.311. The molecule has 4 rings (SSSR count). The molecular weight excluding hydrogens is 550 g/mol. The Kier molecular flexibility index (Phi) is 8.21. The summed E-state index contributed by atoms with van der Waals surface area (Å²) in [5.41, 5.74) is 1.53. The Morgan fingerprint density at radius 3 is 2.56 bits per heavy atom. The normalized spacial score (nSPS) is 14.4. The van der Waals surface area contributed by atoms with E-state index in [1.54, 1.807) is 42.5 Å². The van der Waals surface area contributed by atoms with Crippen molar-refractivity contribution in [3.8, 4) is 5.75 Å². The minimum absolute atomic E-state index is 0.137. The third kappa shape index (κ3) is 6.20. The summed E-state index contributed by atoms with van der Waals surface area (Å²) in [7, 11) is 0. The molecule has 184 valence electrons. The van der Waals surface area contributed by atoms with Gasteiger partial charge in [0.2, 0.25) is 5.91 Å². The van der Waals surface area contributed by atoms with Crippen LogP contribution in [0.15, 0.2) is 65.6 Å². The molecule has 0 saturated carbocycles. The maximum Gasteiger partial charge on any atom is 0.294 e. The van der Waals surface area contributed by atoms with Gasteiger partial charge in [0.25, 0.3) is 11.1 Å². The molecular formula is C25H16Cl3FN2O4S. The summed E-state index contributed by atoms with van der Waals surface area (Å²) in [4.78, 5) is 38.7. The van der Waals surface area contributed by atoms with Crippen molar-refractivity contribution >= 4 is 75.4 Å². The Morgan fingerprint density at radius 1 is 1.03 bits per heavy atom. The van der Waals surface area contributed by atoms with Gasteiger partial charge < -0.3 is 10.1 Å². The molecule has 1 N–H and O–H groups in total. The fraction of sp³-hybridized carbons (Fsp3) is 0.0800. The van der Waals surface area contributed by atoms with Crippen LogP contribution < -0.4 is 10.1 Å². The van der Waals surface area contributed by atoms with Crippen LogP contribution >= 0.6 is 46.6 Å². The van der Waals surface area contributed by atoms with Crippen molar-refractivity contribution < 1.29 is 23.5 Å². The number of carbonyl (C=O) groups is 3. The SMILES string of the molecule is O=C(CN1C(=O)S/C(=C/c2ccccc2OCc2ccc(Cl)cc2Cl)C1=O)Nc1ccc(F)c(Cl)c1. The summed E-state index contributed by atoms with van der Waals surface area (Å²) in [6.07, 6.45) is 1.53. The number of anilines is 1. The van der Waals surface area contributed by atoms with Crippen LogP contribution in [-0.2, 0) is 16.2 Å². The third-order valence-electron chi connectivity index (χ3n) is 4.98. The molecule has 3 aromatic rings. The van der Waals surface area contributed by atoms with Crippen molar-refractivity contribution in [2.45, 2.75) is 6.61 Å². The minimum atomic E-state index is -0.634. The second kappa shape index (κ2) is 11.3. The number of para-hydroxylation sites is 1. The molecule has 0 radical (unpaired) electrons. The smallest absolute Gasteiger partial charge is 0.294 e. The lowest BCUT2D eigenvalue weighted by Gasteiger charge is -2.13. The third-order valence-corrected chi connectivity index (χ3v) is 6.77. The highest BCUT2D eigenvalue weighted by atomic mass is 35.5. The summed E-state index contributed by atoms with van der Waals surface area (Å²) in [6.45, 7) is -0.347. The number of imide groups is 1. The second-order valence-electron chi connectivity index (χ2n) is 7.51. The molecule has 6 nitrogen and oxygen atoms in total. The number of nitrogens with one attached hydrogen (secondary N) is 1. The molecule has 0 unspecified atom stereocenters. The molecule has 0 aliphatic carbocycles. The van der Waals surface area contributed by atoms with E-state index in [0.29, 0.717) is 33.1 Å². The number of thioether (sulfide) groups is 1. The fourth-order valence-electron chi connectivity index (χ4n) is 3.22. The van der Waals surface area contributed by atoms with Crippen LogP contribution in [0.1, 0.15) is 11.1 Å². The number of nitrogens with zero attached hydrogens (tertiary/aromatic N) is 1. The van der Waals surface area contributed by atoms with Crippen LogP contribution in [0, 0.1) is 5.82 Å². The van der Waals surface area contributed by atoms with Gasteiger partial charge in [-0.3, -0.25) is 19.3 Å². The average molecular weight is 566 g/mol. The molecule has 11 heteroatoms. The molecule has 0 atom stereocenters. The van der Waals surface area contributed by atoms with E-state index < -0.39 is 29.4 Å². The van der Waals surface area contributed by atoms with Crippen LogP contribution in [-0.4, -0.2) is 28.5 Å². The molecule has 1 aliphatic rings. The summed E-state index contributed by atoms with van der Waals surface area (Å²) in [5.74, 6) is -1.41. The number of ether oxygens (including phenoxy) is 1. The van der Waals surface area contributed by atoms with Crippen molar-refractivity contribution in [1.29, 1.82) is 0 Å². The second-order valence-corrected chi connectivity index (χ2v) is 9.75. The molecule has 1 saturated heterocycles. The first-order valence-electron chi connectivity index (χ1n) is 10.4. The van der Waals surface area contributed by atoms with E-state index in [2.05, 4.69) is 5.32 Å². The Labute approximate surface area is 225 Å². The lowest BCUT2D eigenvalue weighted by molar-refractivity contribution is -0.127. The van der Waals surface area contributed by atoms with Crippen molar-refractivity contribution in [1.82, 2.24) is 4.90 Å². The highest BCUT2D eigenvalue weighted by Crippen LogP contribution is 2.34. The zero-order valence-corrected chi connectivity index (χ0v) is 21.3. The maximum absolute atomic E-state index is 13.3. The number of halogens is 4. The van der Waals surface area contributed by atoms with Gasteiger partial charge in [-0.15, -0.1) is 0 Å². The van der Waals surface area contributed by atoms with Gasteiger partial charge in [0.1, 0.15) is 24.7 Å². The number of hydrogen-bond acceptors (Lipinski definition) is 5. The Bertz CT molecular complexity index is 1400. The van der Waals surface area contributed by atoms with Gasteiger partial charge in [-0.1, -0.05) is 59.1 Å². The van der Waals surface area contributed by atoms with Gasteiger partial charge in [0.15, 0.2) is 0 Å². The van der Waals surface area contributed by atoms with Gasteiger partial charge in [0.05, 0.1) is 9.93 Å². The van der Waals surface area contributed by atoms with Crippen molar-refractivity contribution in [3.05, 3.63) is 97.6 Å². The van der Waals surface area contributed by atoms with E-state index in [9.17, 15) is 18.8 Å². The first-order chi connectivity index (χ1) is 17.2. The summed E-state index contributed by atoms with van der Waals surface area (Å²) < 4.78 is 19.2. The van der Waals surface area contributed by atoms with E-state index in [-0.39, 0.29) is 22.2 Å². The highest BCUT2D eigenvalue weighted by Gasteiger charge is 2.36. The minimum Gasteiger partial charge on any atom is -0.488 e. The first kappa shape index (κ1) is 26.0. The van der Waals surface area contributed by atoms with Gasteiger partial charge in [-0.2, -0.15) is 0 Å². The van der Waals surface area contributed by atoms with Crippen LogP contribution in [0.25, 0.3) is 6.08 Å². The Hall–Kier alpha value is -3.04. The molecule has 0 aromatic heterocycles. The number of hydrogen-bond donors (Lipinski definition) is 1. The van der Waals surface area contributed by atoms with E-state index in [1.807, 2.05) is 0 Å². The van der Waals surface area contributed by atoms with Crippen LogP contribution in [0.5, 0.6) is 5.75 Å². The predicted octanol–water partition coefficient (Wildman–Crippen LogP) is 7.04. The molecule has 3 aromatic carbocycles. The zero-order valence-electron chi connectivity index (χ0n) is 18.3. The topological polar surface area (TPSA) is 75.7 Å². The molecule has 1 heterocycles. The lowest BCUT2D eigenvalue weighted by atomic mass is 10.1. The van der Waals surface area contributed by atoms with Gasteiger partial charge in [-0.05, 0) is 54.2 Å². The predicted molar refractivity (Wildman–Crippen MR) is 140 cm³/mol. The molecule has 0 bridgehead atoms. The molecule has 3 amide bonds. The molecule has 36 heavy (non-hydrogen) atoms. The lowest BCUT2D eigenvalue weighted by Crippen LogP contribution is -2.36. The molecule has 1 fully saturated rings. The number of rotatable bonds is 7. The van der Waals surface area contributed by atoms with Crippen LogP contribution in [0.2, 0.25) is 15.1 Å². The van der Waals surface area contributed by atoms with Gasteiger partial charge in [-0.25, -0.2) is 4.39 Å². The van der Waals surface area contributed by atoms with E-state index in [0.717, 1.165) is 16.5 Å². The zero-order chi connectivity index (χ0) is 25.8.